The second kappa shape index (κ2) is 13.8. The Labute approximate surface area is 266 Å². The molecule has 2 aromatic heterocycles. The average molecular weight is 685 g/mol. The summed E-state index contributed by atoms with van der Waals surface area (Å²) in [5.74, 6) is -0.0943. The number of fused-ring (bicyclic) bond motifs is 1. The summed E-state index contributed by atoms with van der Waals surface area (Å²) in [6.07, 6.45) is -1.55. The van der Waals surface area contributed by atoms with Crippen molar-refractivity contribution in [2.45, 2.75) is 80.2 Å². The number of hydrogen-bond acceptors (Lipinski definition) is 15. The van der Waals surface area contributed by atoms with Gasteiger partial charge in [-0.2, -0.15) is 4.98 Å². The number of imidazole rings is 1. The maximum absolute atomic E-state index is 13.0. The molecule has 0 radical (unpaired) electrons. The maximum atomic E-state index is 13.0. The molecule has 20 heteroatoms. The van der Waals surface area contributed by atoms with Gasteiger partial charge < -0.3 is 43.8 Å². The van der Waals surface area contributed by atoms with Crippen molar-refractivity contribution in [3.8, 4) is 0 Å². The number of ether oxygens (including phenoxy) is 5. The van der Waals surface area contributed by atoms with Gasteiger partial charge >= 0.3 is 19.9 Å². The molecule has 1 fully saturated rings. The van der Waals surface area contributed by atoms with Crippen molar-refractivity contribution in [3.05, 3.63) is 40.7 Å². The van der Waals surface area contributed by atoms with E-state index in [1.165, 1.54) is 18.5 Å². The van der Waals surface area contributed by atoms with E-state index in [4.69, 9.17) is 29.4 Å². The van der Waals surface area contributed by atoms with Gasteiger partial charge in [0.25, 0.3) is 5.69 Å². The number of carbonyl (C=O) groups is 2. The molecule has 0 saturated heterocycles. The van der Waals surface area contributed by atoms with Crippen LogP contribution in [0.5, 0.6) is 0 Å². The second-order valence-electron chi connectivity index (χ2n) is 11.0. The third-order valence-corrected chi connectivity index (χ3v) is 8.81. The summed E-state index contributed by atoms with van der Waals surface area (Å²) in [4.78, 5) is 69.4. The molecule has 3 aromatic rings. The Hall–Kier alpha value is -4.03. The van der Waals surface area contributed by atoms with Gasteiger partial charge in [0.1, 0.15) is 23.8 Å². The molecule has 1 aromatic carbocycles. The van der Waals surface area contributed by atoms with Crippen molar-refractivity contribution in [3.63, 3.8) is 0 Å². The molecule has 0 bridgehead atoms. The first-order chi connectivity index (χ1) is 21.5. The fourth-order valence-corrected chi connectivity index (χ4v) is 5.79. The van der Waals surface area contributed by atoms with Crippen molar-refractivity contribution in [2.24, 2.45) is 0 Å². The number of nitrogens with zero attached hydrogens (tertiary/aromatic N) is 5. The zero-order valence-electron chi connectivity index (χ0n) is 25.2. The van der Waals surface area contributed by atoms with Crippen LogP contribution in [-0.4, -0.2) is 82.9 Å². The van der Waals surface area contributed by atoms with Crippen molar-refractivity contribution in [2.75, 3.05) is 18.9 Å². The summed E-state index contributed by atoms with van der Waals surface area (Å²) in [5, 5.41) is 8.74. The lowest BCUT2D eigenvalue weighted by molar-refractivity contribution is -0.384. The van der Waals surface area contributed by atoms with E-state index in [1.54, 1.807) is 44.4 Å². The number of nitro groups is 1. The first kappa shape index (κ1) is 34.8. The molecule has 4 rings (SSSR count). The van der Waals surface area contributed by atoms with Crippen LogP contribution in [0.1, 0.15) is 40.5 Å². The monoisotopic (exact) mass is 684 g/mol. The summed E-state index contributed by atoms with van der Waals surface area (Å²) in [5.41, 5.74) is 5.30. The van der Waals surface area contributed by atoms with Gasteiger partial charge in [-0.05, 0) is 52.7 Å². The average Bonchev–Trinajstić information content (AvgIpc) is 3.58. The Morgan fingerprint density at radius 1 is 1.09 bits per heavy atom. The molecule has 0 spiro atoms. The highest BCUT2D eigenvalue weighted by molar-refractivity contribution is 7.99. The molecule has 1 aliphatic rings. The SMILES string of the molecule is CC(C)OC(=O)OCC(COC(=O)OC(C)C)(OC1(Cn2cnc3c(Sc4ccc([N+](=O)[O-])cc4)nc(N)nc32)CC1)P(=O)(O)O. The van der Waals surface area contributed by atoms with E-state index in [1.807, 2.05) is 0 Å². The van der Waals surface area contributed by atoms with Gasteiger partial charge in [-0.3, -0.25) is 14.7 Å². The molecule has 0 atom stereocenters. The Bertz CT molecular complexity index is 1610. The lowest BCUT2D eigenvalue weighted by Crippen LogP contribution is -2.48. The van der Waals surface area contributed by atoms with Crippen LogP contribution >= 0.6 is 19.4 Å². The van der Waals surface area contributed by atoms with Crippen LogP contribution in [0, 0.1) is 10.1 Å². The van der Waals surface area contributed by atoms with E-state index in [0.29, 0.717) is 28.3 Å². The van der Waals surface area contributed by atoms with Crippen LogP contribution < -0.4 is 5.73 Å². The van der Waals surface area contributed by atoms with Crippen LogP contribution in [0.15, 0.2) is 40.5 Å². The smallest absolute Gasteiger partial charge is 0.432 e. The summed E-state index contributed by atoms with van der Waals surface area (Å²) in [6, 6.07) is 5.80. The van der Waals surface area contributed by atoms with E-state index in [2.05, 4.69) is 15.0 Å². The first-order valence-electron chi connectivity index (χ1n) is 13.8. The Kier molecular flexibility index (Phi) is 10.4. The highest BCUT2D eigenvalue weighted by atomic mass is 32.2. The molecule has 250 valence electrons. The molecular formula is C26H33N6O12PS. The van der Waals surface area contributed by atoms with E-state index < -0.39 is 61.2 Å². The van der Waals surface area contributed by atoms with Crippen molar-refractivity contribution in [1.82, 2.24) is 19.5 Å². The van der Waals surface area contributed by atoms with Crippen LogP contribution in [0.3, 0.4) is 0 Å². The third-order valence-electron chi connectivity index (χ3n) is 6.41. The number of aromatic nitrogens is 4. The van der Waals surface area contributed by atoms with E-state index in [0.717, 1.165) is 11.8 Å². The normalized spacial score (nSPS) is 14.3. The Morgan fingerprint density at radius 3 is 2.13 bits per heavy atom. The number of hydrogen-bond donors (Lipinski definition) is 3. The van der Waals surface area contributed by atoms with Gasteiger partial charge in [0, 0.05) is 17.0 Å². The van der Waals surface area contributed by atoms with Gasteiger partial charge in [0.05, 0.1) is 35.6 Å². The molecular weight excluding hydrogens is 651 g/mol. The molecule has 2 heterocycles. The minimum Gasteiger partial charge on any atom is -0.432 e. The molecule has 1 saturated carbocycles. The van der Waals surface area contributed by atoms with E-state index >= 15 is 0 Å². The van der Waals surface area contributed by atoms with Crippen molar-refractivity contribution < 1.29 is 52.5 Å². The van der Waals surface area contributed by atoms with Gasteiger partial charge in [0.2, 0.25) is 11.3 Å². The molecule has 0 aliphatic heterocycles. The summed E-state index contributed by atoms with van der Waals surface area (Å²) < 4.78 is 40.6. The number of nitrogen functional groups attached to an aromatic ring is 1. The highest BCUT2D eigenvalue weighted by Crippen LogP contribution is 2.57. The summed E-state index contributed by atoms with van der Waals surface area (Å²) in [6.45, 7) is 4.15. The molecule has 18 nitrogen and oxygen atoms in total. The standard InChI is InChI=1S/C26H33N6O12PS/c1-15(2)42-23(33)40-12-26(45(37,38)39,13-41-24(34)43-16(3)4)44-25(9-10-25)11-31-14-28-19-20(31)29-22(27)30-21(19)46-18-7-5-17(6-8-18)32(35)36/h5-8,14-16H,9-13H2,1-4H3,(H2,27,29,30)(H2,37,38,39). The van der Waals surface area contributed by atoms with Crippen molar-refractivity contribution in [1.29, 1.82) is 0 Å². The number of nitrogens with two attached hydrogens (primary N) is 1. The van der Waals surface area contributed by atoms with Crippen molar-refractivity contribution >= 4 is 54.5 Å². The molecule has 46 heavy (non-hydrogen) atoms. The van der Waals surface area contributed by atoms with Gasteiger partial charge in [0.15, 0.2) is 5.65 Å². The zero-order valence-corrected chi connectivity index (χ0v) is 26.9. The predicted molar refractivity (Wildman–Crippen MR) is 160 cm³/mol. The maximum Gasteiger partial charge on any atom is 0.508 e. The third kappa shape index (κ3) is 8.61. The number of anilines is 1. The second-order valence-corrected chi connectivity index (χ2v) is 13.9. The van der Waals surface area contributed by atoms with E-state index in [-0.39, 0.29) is 23.8 Å². The Balaban J connectivity index is 1.62. The van der Waals surface area contributed by atoms with Gasteiger partial charge in [-0.15, -0.1) is 0 Å². The number of non-ortho nitro benzene ring substituents is 1. The zero-order chi connectivity index (χ0) is 33.9. The number of carbonyl (C=O) groups excluding carboxylic acids is 2. The highest BCUT2D eigenvalue weighted by Gasteiger charge is 2.60. The number of benzene rings is 1. The molecule has 0 amide bonds. The fourth-order valence-electron chi connectivity index (χ4n) is 4.14. The predicted octanol–water partition coefficient (Wildman–Crippen LogP) is 4.01. The quantitative estimate of drug-likeness (QED) is 0.0713. The summed E-state index contributed by atoms with van der Waals surface area (Å²) in [7, 11) is -5.35. The number of nitro benzene ring substituents is 1. The fraction of sp³-hybridized carbons (Fsp3) is 0.500. The van der Waals surface area contributed by atoms with Crippen LogP contribution in [0.2, 0.25) is 0 Å². The van der Waals surface area contributed by atoms with E-state index in [9.17, 15) is 34.1 Å². The van der Waals surface area contributed by atoms with Crippen LogP contribution in [0.4, 0.5) is 21.2 Å². The largest absolute Gasteiger partial charge is 0.508 e. The van der Waals surface area contributed by atoms with Crippen LogP contribution in [0.25, 0.3) is 11.2 Å². The topological polar surface area (TPSA) is 251 Å². The Morgan fingerprint density at radius 2 is 1.65 bits per heavy atom. The lowest BCUT2D eigenvalue weighted by Gasteiger charge is -2.36. The lowest BCUT2D eigenvalue weighted by atomic mass is 10.3. The first-order valence-corrected chi connectivity index (χ1v) is 16.3. The minimum atomic E-state index is -5.35. The summed E-state index contributed by atoms with van der Waals surface area (Å²) >= 11 is 1.15. The molecule has 0 unspecified atom stereocenters. The minimum absolute atomic E-state index is 0.0315. The van der Waals surface area contributed by atoms with Crippen LogP contribution in [-0.2, 0) is 34.8 Å². The molecule has 1 aliphatic carbocycles. The van der Waals surface area contributed by atoms with Gasteiger partial charge in [-0.1, -0.05) is 11.8 Å². The van der Waals surface area contributed by atoms with Gasteiger partial charge in [-0.25, -0.2) is 19.6 Å². The molecule has 4 N–H and O–H groups in total. The number of rotatable bonds is 14.